The molecular weight excluding hydrogens is 317 g/mol. The highest BCUT2D eigenvalue weighted by molar-refractivity contribution is 14.0. The zero-order chi connectivity index (χ0) is 10.9. The molecule has 0 bridgehead atoms. The van der Waals surface area contributed by atoms with Crippen molar-refractivity contribution in [1.29, 1.82) is 0 Å². The summed E-state index contributed by atoms with van der Waals surface area (Å²) in [6.45, 7) is 6.10. The van der Waals surface area contributed by atoms with Crippen molar-refractivity contribution >= 4 is 29.9 Å². The van der Waals surface area contributed by atoms with Gasteiger partial charge in [0.15, 0.2) is 5.96 Å². The monoisotopic (exact) mass is 339 g/mol. The number of aliphatic imine (C=N–C) groups is 1. The Kier molecular flexibility index (Phi) is 9.71. The zero-order valence-electron chi connectivity index (χ0n) is 9.87. The average molecular weight is 339 g/mol. The highest BCUT2D eigenvalue weighted by Gasteiger charge is 2.13. The summed E-state index contributed by atoms with van der Waals surface area (Å²) < 4.78 is 5.61. The Bertz CT molecular complexity index is 215. The molecule has 94 valence electrons. The van der Waals surface area contributed by atoms with Gasteiger partial charge in [0.2, 0.25) is 0 Å². The Morgan fingerprint density at radius 2 is 2.31 bits per heavy atom. The summed E-state index contributed by atoms with van der Waals surface area (Å²) in [6, 6.07) is 0. The molecule has 2 N–H and O–H groups in total. The van der Waals surface area contributed by atoms with Gasteiger partial charge in [0, 0.05) is 26.7 Å². The zero-order valence-corrected chi connectivity index (χ0v) is 12.2. The van der Waals surface area contributed by atoms with Crippen LogP contribution in [-0.4, -0.2) is 38.8 Å². The summed E-state index contributed by atoms with van der Waals surface area (Å²) in [4.78, 5) is 4.10. The van der Waals surface area contributed by atoms with Crippen LogP contribution in [-0.2, 0) is 4.74 Å². The number of hydrogen-bond acceptors (Lipinski definition) is 2. The highest BCUT2D eigenvalue weighted by atomic mass is 127. The number of halogens is 1. The maximum atomic E-state index is 5.61. The quantitative estimate of drug-likeness (QED) is 0.353. The van der Waals surface area contributed by atoms with Crippen molar-refractivity contribution in [3.8, 4) is 0 Å². The molecule has 1 aliphatic rings. The number of nitrogens with one attached hydrogen (secondary N) is 2. The number of ether oxygens (including phenoxy) is 1. The van der Waals surface area contributed by atoms with E-state index >= 15 is 0 Å². The smallest absolute Gasteiger partial charge is 0.191 e. The van der Waals surface area contributed by atoms with Crippen molar-refractivity contribution < 1.29 is 4.74 Å². The largest absolute Gasteiger partial charge is 0.376 e. The Morgan fingerprint density at radius 3 is 2.88 bits per heavy atom. The predicted molar refractivity (Wildman–Crippen MR) is 78.6 cm³/mol. The minimum atomic E-state index is 0. The topological polar surface area (TPSA) is 45.7 Å². The summed E-state index contributed by atoms with van der Waals surface area (Å²) in [7, 11) is 1.76. The van der Waals surface area contributed by atoms with Crippen molar-refractivity contribution in [3.63, 3.8) is 0 Å². The second kappa shape index (κ2) is 9.89. The molecule has 1 fully saturated rings. The number of nitrogens with zero attached hydrogens (tertiary/aromatic N) is 1. The van der Waals surface area contributed by atoms with Crippen LogP contribution < -0.4 is 10.6 Å². The van der Waals surface area contributed by atoms with Gasteiger partial charge in [-0.15, -0.1) is 30.6 Å². The maximum absolute atomic E-state index is 5.61. The predicted octanol–water partition coefficient (Wildman–Crippen LogP) is 1.52. The van der Waals surface area contributed by atoms with Crippen LogP contribution in [0.25, 0.3) is 0 Å². The van der Waals surface area contributed by atoms with Gasteiger partial charge in [0.05, 0.1) is 6.10 Å². The first-order valence-electron chi connectivity index (χ1n) is 5.54. The number of guanidine groups is 1. The molecule has 16 heavy (non-hydrogen) atoms. The van der Waals surface area contributed by atoms with Crippen LogP contribution in [0.15, 0.2) is 17.6 Å². The molecular formula is C11H22IN3O. The Hall–Kier alpha value is -0.300. The molecule has 1 saturated heterocycles. The first-order chi connectivity index (χ1) is 7.36. The molecule has 4 nitrogen and oxygen atoms in total. The van der Waals surface area contributed by atoms with E-state index in [0.29, 0.717) is 6.10 Å². The summed E-state index contributed by atoms with van der Waals surface area (Å²) in [5.74, 6) is 0.809. The van der Waals surface area contributed by atoms with E-state index in [2.05, 4.69) is 22.2 Å². The third-order valence-electron chi connectivity index (χ3n) is 2.41. The molecule has 0 aromatic carbocycles. The molecule has 0 aromatic heterocycles. The van der Waals surface area contributed by atoms with E-state index in [0.717, 1.165) is 32.1 Å². The van der Waals surface area contributed by atoms with Crippen molar-refractivity contribution in [1.82, 2.24) is 10.6 Å². The summed E-state index contributed by atoms with van der Waals surface area (Å²) in [6.07, 6.45) is 5.75. The Balaban J connectivity index is 0.00000225. The van der Waals surface area contributed by atoms with Gasteiger partial charge in [-0.3, -0.25) is 4.99 Å². The third-order valence-corrected chi connectivity index (χ3v) is 2.41. The van der Waals surface area contributed by atoms with Crippen LogP contribution in [0.4, 0.5) is 0 Å². The molecule has 1 rings (SSSR count). The Labute approximate surface area is 115 Å². The summed E-state index contributed by atoms with van der Waals surface area (Å²) in [5.41, 5.74) is 0. The number of rotatable bonds is 4. The fourth-order valence-corrected chi connectivity index (χ4v) is 1.57. The molecule has 1 unspecified atom stereocenters. The van der Waals surface area contributed by atoms with Crippen LogP contribution in [0.2, 0.25) is 0 Å². The normalized spacial score (nSPS) is 20.8. The first kappa shape index (κ1) is 15.7. The van der Waals surface area contributed by atoms with E-state index in [-0.39, 0.29) is 24.0 Å². The first-order valence-corrected chi connectivity index (χ1v) is 5.54. The molecule has 1 heterocycles. The SMILES string of the molecule is C=CCNC(=NC)NCC1CCCCO1.I. The van der Waals surface area contributed by atoms with Crippen LogP contribution in [0.1, 0.15) is 19.3 Å². The van der Waals surface area contributed by atoms with E-state index in [1.165, 1.54) is 12.8 Å². The lowest BCUT2D eigenvalue weighted by Gasteiger charge is -2.23. The molecule has 0 spiro atoms. The standard InChI is InChI=1S/C11H21N3O.HI/c1-3-7-13-11(12-2)14-9-10-6-4-5-8-15-10;/h3,10H,1,4-9H2,2H3,(H2,12,13,14);1H. The van der Waals surface area contributed by atoms with Crippen LogP contribution in [0.3, 0.4) is 0 Å². The molecule has 0 saturated carbocycles. The average Bonchev–Trinajstić information content (AvgIpc) is 2.31. The van der Waals surface area contributed by atoms with Gasteiger partial charge >= 0.3 is 0 Å². The van der Waals surface area contributed by atoms with Crippen LogP contribution >= 0.6 is 24.0 Å². The highest BCUT2D eigenvalue weighted by Crippen LogP contribution is 2.11. The minimum Gasteiger partial charge on any atom is -0.376 e. The van der Waals surface area contributed by atoms with Gasteiger partial charge in [-0.05, 0) is 19.3 Å². The maximum Gasteiger partial charge on any atom is 0.191 e. The molecule has 0 aromatic rings. The van der Waals surface area contributed by atoms with E-state index in [9.17, 15) is 0 Å². The summed E-state index contributed by atoms with van der Waals surface area (Å²) >= 11 is 0. The second-order valence-electron chi connectivity index (χ2n) is 3.61. The minimum absolute atomic E-state index is 0. The lowest BCUT2D eigenvalue weighted by Crippen LogP contribution is -2.42. The van der Waals surface area contributed by atoms with E-state index < -0.39 is 0 Å². The molecule has 1 aliphatic heterocycles. The van der Waals surface area contributed by atoms with E-state index in [1.807, 2.05) is 6.08 Å². The van der Waals surface area contributed by atoms with Gasteiger partial charge in [-0.25, -0.2) is 0 Å². The molecule has 0 amide bonds. The van der Waals surface area contributed by atoms with Gasteiger partial charge in [0.1, 0.15) is 0 Å². The second-order valence-corrected chi connectivity index (χ2v) is 3.61. The van der Waals surface area contributed by atoms with Gasteiger partial charge in [0.25, 0.3) is 0 Å². The van der Waals surface area contributed by atoms with Crippen molar-refractivity contribution in [3.05, 3.63) is 12.7 Å². The Morgan fingerprint density at radius 1 is 1.50 bits per heavy atom. The van der Waals surface area contributed by atoms with Crippen LogP contribution in [0.5, 0.6) is 0 Å². The van der Waals surface area contributed by atoms with Crippen molar-refractivity contribution in [2.45, 2.75) is 25.4 Å². The molecule has 0 radical (unpaired) electrons. The number of hydrogen-bond donors (Lipinski definition) is 2. The third kappa shape index (κ3) is 6.32. The van der Waals surface area contributed by atoms with Crippen LogP contribution in [0, 0.1) is 0 Å². The fraction of sp³-hybridized carbons (Fsp3) is 0.727. The molecule has 0 aliphatic carbocycles. The lowest BCUT2D eigenvalue weighted by atomic mass is 10.1. The van der Waals surface area contributed by atoms with Crippen molar-refractivity contribution in [2.24, 2.45) is 4.99 Å². The van der Waals surface area contributed by atoms with Gasteiger partial charge in [-0.2, -0.15) is 0 Å². The van der Waals surface area contributed by atoms with E-state index in [1.54, 1.807) is 7.05 Å². The van der Waals surface area contributed by atoms with Gasteiger partial charge in [-0.1, -0.05) is 6.08 Å². The molecule has 1 atom stereocenters. The molecule has 5 heteroatoms. The fourth-order valence-electron chi connectivity index (χ4n) is 1.57. The summed E-state index contributed by atoms with van der Waals surface area (Å²) in [5, 5.41) is 6.36. The van der Waals surface area contributed by atoms with Gasteiger partial charge < -0.3 is 15.4 Å². The lowest BCUT2D eigenvalue weighted by molar-refractivity contribution is 0.0194. The van der Waals surface area contributed by atoms with E-state index in [4.69, 9.17) is 4.74 Å². The van der Waals surface area contributed by atoms with Crippen molar-refractivity contribution in [2.75, 3.05) is 26.7 Å².